The second-order valence-electron chi connectivity index (χ2n) is 7.97. The van der Waals surface area contributed by atoms with Crippen LogP contribution in [0.1, 0.15) is 27.4 Å². The molecule has 0 heterocycles. The predicted octanol–water partition coefficient (Wildman–Crippen LogP) is 4.02. The van der Waals surface area contributed by atoms with Crippen molar-refractivity contribution in [2.45, 2.75) is 12.0 Å². The van der Waals surface area contributed by atoms with Gasteiger partial charge in [0, 0.05) is 13.0 Å². The molecule has 0 spiro atoms. The first-order valence-corrected chi connectivity index (χ1v) is 10.8. The van der Waals surface area contributed by atoms with E-state index in [1.54, 1.807) is 0 Å². The summed E-state index contributed by atoms with van der Waals surface area (Å²) in [6.07, 6.45) is -0.828. The first kappa shape index (κ1) is 23.9. The molecule has 35 heavy (non-hydrogen) atoms. The normalized spacial score (nSPS) is 12.9. The number of fused-ring (bicyclic) bond motifs is 3. The van der Waals surface area contributed by atoms with Gasteiger partial charge in [-0.2, -0.15) is 0 Å². The van der Waals surface area contributed by atoms with E-state index in [1.807, 2.05) is 48.5 Å². The van der Waals surface area contributed by atoms with Crippen LogP contribution in [-0.2, 0) is 14.3 Å². The zero-order chi connectivity index (χ0) is 24.9. The van der Waals surface area contributed by atoms with Crippen LogP contribution in [-0.4, -0.2) is 49.4 Å². The summed E-state index contributed by atoms with van der Waals surface area (Å²) in [7, 11) is 1.35. The summed E-state index contributed by atoms with van der Waals surface area (Å²) < 4.78 is 24.7. The Morgan fingerprint density at radius 1 is 1.00 bits per heavy atom. The van der Waals surface area contributed by atoms with Crippen LogP contribution in [0.15, 0.2) is 66.7 Å². The standard InChI is InChI=1S/C26H23FN2O6/c1-34-14-23(24(30)28-22-11-10-15(25(31)32)12-21(22)27)29-26(33)35-13-20-18-8-4-2-6-16(18)17-7-3-5-9-19(17)20/h2-12,20,23H,13-14H2,1H3,(H,28,30)(H,29,33)(H,31,32)/t23-/m0/s1. The van der Waals surface area contributed by atoms with Crippen molar-refractivity contribution in [3.05, 3.63) is 89.2 Å². The van der Waals surface area contributed by atoms with E-state index in [0.29, 0.717) is 0 Å². The van der Waals surface area contributed by atoms with E-state index >= 15 is 0 Å². The molecule has 0 unspecified atom stereocenters. The number of methoxy groups -OCH3 is 1. The van der Waals surface area contributed by atoms with E-state index in [9.17, 15) is 18.8 Å². The molecular formula is C26H23FN2O6. The molecule has 1 atom stereocenters. The van der Waals surface area contributed by atoms with Crippen molar-refractivity contribution in [3.63, 3.8) is 0 Å². The lowest BCUT2D eigenvalue weighted by atomic mass is 9.98. The molecule has 2 amide bonds. The smallest absolute Gasteiger partial charge is 0.407 e. The molecule has 0 bridgehead atoms. The highest BCUT2D eigenvalue weighted by Gasteiger charge is 2.30. The van der Waals surface area contributed by atoms with Crippen molar-refractivity contribution in [2.75, 3.05) is 25.6 Å². The lowest BCUT2D eigenvalue weighted by Gasteiger charge is -2.19. The Bertz CT molecular complexity index is 1230. The fourth-order valence-corrected chi connectivity index (χ4v) is 4.10. The summed E-state index contributed by atoms with van der Waals surface area (Å²) in [5.74, 6) is -3.11. The van der Waals surface area contributed by atoms with E-state index < -0.39 is 29.8 Å². The molecule has 3 aromatic carbocycles. The van der Waals surface area contributed by atoms with Crippen LogP contribution in [0.3, 0.4) is 0 Å². The van der Waals surface area contributed by atoms with Gasteiger partial charge in [0.25, 0.3) is 0 Å². The molecule has 0 radical (unpaired) electrons. The Kier molecular flexibility index (Phi) is 7.07. The number of anilines is 1. The fraction of sp³-hybridized carbons (Fsp3) is 0.192. The number of carbonyl (C=O) groups is 3. The lowest BCUT2D eigenvalue weighted by molar-refractivity contribution is -0.119. The molecule has 1 aliphatic rings. The minimum atomic E-state index is -1.30. The molecular weight excluding hydrogens is 455 g/mol. The number of aromatic carboxylic acids is 1. The van der Waals surface area contributed by atoms with Crippen LogP contribution in [0, 0.1) is 5.82 Å². The third kappa shape index (κ3) is 5.15. The van der Waals surface area contributed by atoms with Crippen molar-refractivity contribution < 1.29 is 33.4 Å². The molecule has 1 aliphatic carbocycles. The summed E-state index contributed by atoms with van der Waals surface area (Å²) in [6, 6.07) is 17.7. The van der Waals surface area contributed by atoms with Gasteiger partial charge in [0.15, 0.2) is 0 Å². The average Bonchev–Trinajstić information content (AvgIpc) is 3.17. The number of carbonyl (C=O) groups excluding carboxylic acids is 2. The molecule has 0 aliphatic heterocycles. The number of amides is 2. The minimum Gasteiger partial charge on any atom is -0.478 e. The van der Waals surface area contributed by atoms with Gasteiger partial charge in [-0.25, -0.2) is 14.0 Å². The van der Waals surface area contributed by atoms with Crippen molar-refractivity contribution in [2.24, 2.45) is 0 Å². The number of ether oxygens (including phenoxy) is 2. The van der Waals surface area contributed by atoms with Gasteiger partial charge in [-0.05, 0) is 40.5 Å². The van der Waals surface area contributed by atoms with Crippen molar-refractivity contribution in [3.8, 4) is 11.1 Å². The van der Waals surface area contributed by atoms with Crippen LogP contribution in [0.25, 0.3) is 11.1 Å². The first-order chi connectivity index (χ1) is 16.9. The Balaban J connectivity index is 1.41. The Hall–Kier alpha value is -4.24. The molecule has 3 N–H and O–H groups in total. The predicted molar refractivity (Wildman–Crippen MR) is 126 cm³/mol. The number of carboxylic acid groups (broad SMARTS) is 1. The number of benzene rings is 3. The number of nitrogens with one attached hydrogen (secondary N) is 2. The molecule has 9 heteroatoms. The maximum Gasteiger partial charge on any atom is 0.407 e. The molecule has 0 fully saturated rings. The van der Waals surface area contributed by atoms with Gasteiger partial charge >= 0.3 is 12.1 Å². The van der Waals surface area contributed by atoms with E-state index in [4.69, 9.17) is 14.6 Å². The van der Waals surface area contributed by atoms with Crippen LogP contribution < -0.4 is 10.6 Å². The number of rotatable bonds is 8. The van der Waals surface area contributed by atoms with Crippen molar-refractivity contribution >= 4 is 23.7 Å². The third-order valence-electron chi connectivity index (χ3n) is 5.76. The average molecular weight is 478 g/mol. The topological polar surface area (TPSA) is 114 Å². The van der Waals surface area contributed by atoms with Gasteiger partial charge in [-0.15, -0.1) is 0 Å². The SMILES string of the molecule is COC[C@H](NC(=O)OCC1c2ccccc2-c2ccccc21)C(=O)Nc1ccc(C(=O)O)cc1F. The van der Waals surface area contributed by atoms with Gasteiger partial charge in [-0.1, -0.05) is 48.5 Å². The molecule has 3 aromatic rings. The molecule has 8 nitrogen and oxygen atoms in total. The Morgan fingerprint density at radius 3 is 2.20 bits per heavy atom. The van der Waals surface area contributed by atoms with E-state index in [1.165, 1.54) is 7.11 Å². The number of carboxylic acids is 1. The largest absolute Gasteiger partial charge is 0.478 e. The number of hydrogen-bond acceptors (Lipinski definition) is 5. The zero-order valence-corrected chi connectivity index (χ0v) is 18.8. The molecule has 0 saturated heterocycles. The highest BCUT2D eigenvalue weighted by atomic mass is 19.1. The Morgan fingerprint density at radius 2 is 1.63 bits per heavy atom. The maximum atomic E-state index is 14.2. The van der Waals surface area contributed by atoms with Crippen LogP contribution in [0.2, 0.25) is 0 Å². The van der Waals surface area contributed by atoms with Gasteiger partial charge in [0.05, 0.1) is 17.9 Å². The second-order valence-corrected chi connectivity index (χ2v) is 7.97. The fourth-order valence-electron chi connectivity index (χ4n) is 4.10. The molecule has 180 valence electrons. The quantitative estimate of drug-likeness (QED) is 0.451. The molecule has 0 saturated carbocycles. The first-order valence-electron chi connectivity index (χ1n) is 10.8. The van der Waals surface area contributed by atoms with Crippen molar-refractivity contribution in [1.82, 2.24) is 5.32 Å². The summed E-state index contributed by atoms with van der Waals surface area (Å²) in [5.41, 5.74) is 3.79. The zero-order valence-electron chi connectivity index (χ0n) is 18.8. The highest BCUT2D eigenvalue weighted by Crippen LogP contribution is 2.44. The molecule has 0 aromatic heterocycles. The van der Waals surface area contributed by atoms with Gasteiger partial charge in [-0.3, -0.25) is 4.79 Å². The van der Waals surface area contributed by atoms with Crippen LogP contribution in [0.4, 0.5) is 14.9 Å². The number of halogens is 1. The number of alkyl carbamates (subject to hydrolysis) is 1. The van der Waals surface area contributed by atoms with E-state index in [2.05, 4.69) is 10.6 Å². The Labute approximate surface area is 200 Å². The summed E-state index contributed by atoms with van der Waals surface area (Å²) in [6.45, 7) is -0.128. The highest BCUT2D eigenvalue weighted by molar-refractivity contribution is 5.97. The minimum absolute atomic E-state index is 0.0620. The number of hydrogen-bond donors (Lipinski definition) is 3. The van der Waals surface area contributed by atoms with Crippen LogP contribution >= 0.6 is 0 Å². The maximum absolute atomic E-state index is 14.2. The summed E-state index contributed by atoms with van der Waals surface area (Å²) in [5, 5.41) is 13.7. The third-order valence-corrected chi connectivity index (χ3v) is 5.76. The van der Waals surface area contributed by atoms with Gasteiger partial charge < -0.3 is 25.2 Å². The lowest BCUT2D eigenvalue weighted by Crippen LogP contribution is -2.47. The summed E-state index contributed by atoms with van der Waals surface area (Å²) >= 11 is 0. The van der Waals surface area contributed by atoms with Gasteiger partial charge in [0.2, 0.25) is 5.91 Å². The van der Waals surface area contributed by atoms with E-state index in [0.717, 1.165) is 40.5 Å². The van der Waals surface area contributed by atoms with E-state index in [-0.39, 0.29) is 30.4 Å². The summed E-state index contributed by atoms with van der Waals surface area (Å²) in [4.78, 5) is 36.2. The van der Waals surface area contributed by atoms with Crippen LogP contribution in [0.5, 0.6) is 0 Å². The second kappa shape index (κ2) is 10.4. The molecule has 4 rings (SSSR count). The van der Waals surface area contributed by atoms with Crippen molar-refractivity contribution in [1.29, 1.82) is 0 Å². The monoisotopic (exact) mass is 478 g/mol. The van der Waals surface area contributed by atoms with Gasteiger partial charge in [0.1, 0.15) is 18.5 Å².